The van der Waals surface area contributed by atoms with Gasteiger partial charge in [-0.05, 0) is 43.1 Å². The number of rotatable bonds is 4. The number of pyridine rings is 1. The van der Waals surface area contributed by atoms with Crippen molar-refractivity contribution in [2.45, 2.75) is 25.8 Å². The Bertz CT molecular complexity index is 815. The van der Waals surface area contributed by atoms with Crippen LogP contribution in [0.15, 0.2) is 53.3 Å². The lowest BCUT2D eigenvalue weighted by Gasteiger charge is -2.16. The maximum absolute atomic E-state index is 5.52. The Morgan fingerprint density at radius 3 is 2.83 bits per heavy atom. The van der Waals surface area contributed by atoms with Crippen LogP contribution in [0.1, 0.15) is 29.4 Å². The minimum absolute atomic E-state index is 0.317. The molecule has 1 aliphatic heterocycles. The van der Waals surface area contributed by atoms with Crippen LogP contribution in [0.3, 0.4) is 0 Å². The molecule has 1 saturated heterocycles. The van der Waals surface area contributed by atoms with Crippen LogP contribution in [0.25, 0.3) is 11.4 Å². The molecule has 0 radical (unpaired) electrons. The lowest BCUT2D eigenvalue weighted by atomic mass is 10.1. The monoisotopic (exact) mass is 320 g/mol. The average molecular weight is 320 g/mol. The first kappa shape index (κ1) is 15.0. The normalized spacial score (nSPS) is 18.1. The zero-order valence-electron chi connectivity index (χ0n) is 13.7. The summed E-state index contributed by atoms with van der Waals surface area (Å²) >= 11 is 0. The van der Waals surface area contributed by atoms with Gasteiger partial charge in [-0.1, -0.05) is 29.4 Å². The zero-order valence-corrected chi connectivity index (χ0v) is 13.7. The first-order valence-electron chi connectivity index (χ1n) is 8.30. The number of nitrogens with zero attached hydrogens (tertiary/aromatic N) is 4. The Labute approximate surface area is 141 Å². The number of hydrogen-bond acceptors (Lipinski definition) is 5. The van der Waals surface area contributed by atoms with Crippen molar-refractivity contribution in [2.24, 2.45) is 0 Å². The smallest absolute Gasteiger partial charge is 0.231 e. The molecule has 0 aliphatic carbocycles. The summed E-state index contributed by atoms with van der Waals surface area (Å²) in [6, 6.07) is 12.4. The molecule has 0 amide bonds. The van der Waals surface area contributed by atoms with E-state index < -0.39 is 0 Å². The highest BCUT2D eigenvalue weighted by Crippen LogP contribution is 2.28. The Hall–Kier alpha value is -2.53. The second-order valence-corrected chi connectivity index (χ2v) is 6.34. The maximum atomic E-state index is 5.52. The second-order valence-electron chi connectivity index (χ2n) is 6.34. The molecule has 3 heterocycles. The van der Waals surface area contributed by atoms with Crippen molar-refractivity contribution in [1.29, 1.82) is 0 Å². The Kier molecular flexibility index (Phi) is 4.09. The van der Waals surface area contributed by atoms with Gasteiger partial charge in [-0.2, -0.15) is 4.98 Å². The van der Waals surface area contributed by atoms with E-state index in [1.165, 1.54) is 11.1 Å². The maximum Gasteiger partial charge on any atom is 0.231 e. The van der Waals surface area contributed by atoms with Crippen LogP contribution in [0.2, 0.25) is 0 Å². The number of benzene rings is 1. The van der Waals surface area contributed by atoms with Gasteiger partial charge >= 0.3 is 0 Å². The minimum Gasteiger partial charge on any atom is -0.339 e. The van der Waals surface area contributed by atoms with E-state index in [1.807, 2.05) is 12.1 Å². The third-order valence-electron chi connectivity index (χ3n) is 4.66. The minimum atomic E-state index is 0.317. The van der Waals surface area contributed by atoms with Crippen molar-refractivity contribution in [2.75, 3.05) is 13.1 Å². The molecule has 5 heteroatoms. The van der Waals surface area contributed by atoms with Crippen LogP contribution in [0.4, 0.5) is 0 Å². The fraction of sp³-hybridized carbons (Fsp3) is 0.316. The summed E-state index contributed by atoms with van der Waals surface area (Å²) in [6.07, 6.45) is 4.54. The molecule has 1 fully saturated rings. The molecule has 2 aromatic heterocycles. The number of aromatic nitrogens is 3. The van der Waals surface area contributed by atoms with Gasteiger partial charge in [0.05, 0.1) is 5.92 Å². The first-order valence-corrected chi connectivity index (χ1v) is 8.30. The summed E-state index contributed by atoms with van der Waals surface area (Å²) in [5.74, 6) is 1.70. The van der Waals surface area contributed by atoms with Gasteiger partial charge in [-0.3, -0.25) is 9.88 Å². The van der Waals surface area contributed by atoms with Crippen molar-refractivity contribution >= 4 is 0 Å². The molecule has 0 saturated carbocycles. The van der Waals surface area contributed by atoms with Crippen LogP contribution in [-0.4, -0.2) is 33.1 Å². The highest BCUT2D eigenvalue weighted by molar-refractivity contribution is 5.52. The van der Waals surface area contributed by atoms with E-state index in [2.05, 4.69) is 51.2 Å². The Balaban J connectivity index is 1.44. The van der Waals surface area contributed by atoms with Gasteiger partial charge in [-0.15, -0.1) is 0 Å². The quantitative estimate of drug-likeness (QED) is 0.737. The van der Waals surface area contributed by atoms with Gasteiger partial charge in [0.2, 0.25) is 11.7 Å². The molecule has 0 bridgehead atoms. The third kappa shape index (κ3) is 3.08. The molecule has 4 rings (SSSR count). The van der Waals surface area contributed by atoms with Crippen molar-refractivity contribution in [3.05, 3.63) is 65.8 Å². The van der Waals surface area contributed by atoms with Crippen molar-refractivity contribution in [1.82, 2.24) is 20.0 Å². The van der Waals surface area contributed by atoms with Crippen LogP contribution < -0.4 is 0 Å². The predicted molar refractivity (Wildman–Crippen MR) is 91.3 cm³/mol. The predicted octanol–water partition coefficient (Wildman–Crippen LogP) is 3.43. The van der Waals surface area contributed by atoms with Crippen LogP contribution in [-0.2, 0) is 6.54 Å². The molecule has 24 heavy (non-hydrogen) atoms. The van der Waals surface area contributed by atoms with Crippen molar-refractivity contribution in [3.8, 4) is 11.4 Å². The third-order valence-corrected chi connectivity index (χ3v) is 4.66. The van der Waals surface area contributed by atoms with E-state index in [1.54, 1.807) is 12.4 Å². The lowest BCUT2D eigenvalue weighted by molar-refractivity contribution is 0.309. The lowest BCUT2D eigenvalue weighted by Crippen LogP contribution is -2.20. The van der Waals surface area contributed by atoms with Crippen LogP contribution in [0, 0.1) is 6.92 Å². The number of aryl methyl sites for hydroxylation is 1. The molecule has 1 atom stereocenters. The average Bonchev–Trinajstić information content (AvgIpc) is 3.27. The highest BCUT2D eigenvalue weighted by atomic mass is 16.5. The zero-order chi connectivity index (χ0) is 16.4. The number of likely N-dealkylation sites (tertiary alicyclic amines) is 1. The molecular formula is C19H20N4O. The summed E-state index contributed by atoms with van der Waals surface area (Å²) in [6.45, 7) is 5.18. The molecule has 0 spiro atoms. The van der Waals surface area contributed by atoms with E-state index in [0.29, 0.717) is 11.7 Å². The van der Waals surface area contributed by atoms with Gasteiger partial charge in [0.15, 0.2) is 0 Å². The fourth-order valence-electron chi connectivity index (χ4n) is 3.23. The highest BCUT2D eigenvalue weighted by Gasteiger charge is 2.28. The molecular weight excluding hydrogens is 300 g/mol. The summed E-state index contributed by atoms with van der Waals surface area (Å²) in [7, 11) is 0. The molecule has 1 aliphatic rings. The molecule has 122 valence electrons. The SMILES string of the molecule is Cc1ccccc1CN1CCC(c2nc(-c3ccncc3)no2)C1. The molecule has 0 N–H and O–H groups in total. The van der Waals surface area contributed by atoms with E-state index in [9.17, 15) is 0 Å². The first-order chi connectivity index (χ1) is 11.8. The van der Waals surface area contributed by atoms with Crippen molar-refractivity contribution < 1.29 is 4.52 Å². The van der Waals surface area contributed by atoms with Gasteiger partial charge in [0.25, 0.3) is 0 Å². The summed E-state index contributed by atoms with van der Waals surface area (Å²) in [5, 5.41) is 4.12. The summed E-state index contributed by atoms with van der Waals surface area (Å²) in [4.78, 5) is 11.1. The van der Waals surface area contributed by atoms with Crippen molar-refractivity contribution in [3.63, 3.8) is 0 Å². The number of hydrogen-bond donors (Lipinski definition) is 0. The summed E-state index contributed by atoms with van der Waals surface area (Å²) < 4.78 is 5.52. The van der Waals surface area contributed by atoms with Gasteiger partial charge in [0.1, 0.15) is 0 Å². The van der Waals surface area contributed by atoms with Crippen LogP contribution in [0.5, 0.6) is 0 Å². The molecule has 1 unspecified atom stereocenters. The van der Waals surface area contributed by atoms with Gasteiger partial charge < -0.3 is 4.52 Å². The summed E-state index contributed by atoms with van der Waals surface area (Å²) in [5.41, 5.74) is 3.68. The Morgan fingerprint density at radius 1 is 1.17 bits per heavy atom. The van der Waals surface area contributed by atoms with Gasteiger partial charge in [-0.25, -0.2) is 0 Å². The molecule has 3 aromatic rings. The topological polar surface area (TPSA) is 55.1 Å². The Morgan fingerprint density at radius 2 is 2.00 bits per heavy atom. The fourth-order valence-corrected chi connectivity index (χ4v) is 3.23. The standard InChI is InChI=1S/C19H20N4O/c1-14-4-2-3-5-16(14)12-23-11-8-17(13-23)19-21-18(22-24-19)15-6-9-20-10-7-15/h2-7,9-10,17H,8,11-13H2,1H3. The van der Waals surface area contributed by atoms with Crippen LogP contribution >= 0.6 is 0 Å². The molecule has 5 nitrogen and oxygen atoms in total. The second kappa shape index (κ2) is 6.53. The van der Waals surface area contributed by atoms with E-state index >= 15 is 0 Å². The largest absolute Gasteiger partial charge is 0.339 e. The van der Waals surface area contributed by atoms with E-state index in [4.69, 9.17) is 4.52 Å². The van der Waals surface area contributed by atoms with Gasteiger partial charge in [0, 0.05) is 31.0 Å². The molecule has 1 aromatic carbocycles. The van der Waals surface area contributed by atoms with E-state index in [0.717, 1.165) is 37.5 Å². The van der Waals surface area contributed by atoms with E-state index in [-0.39, 0.29) is 0 Å².